The van der Waals surface area contributed by atoms with Crippen LogP contribution in [0.4, 0.5) is 9.18 Å². The van der Waals surface area contributed by atoms with Crippen LogP contribution in [0.2, 0.25) is 0 Å². The van der Waals surface area contributed by atoms with Crippen molar-refractivity contribution in [1.29, 1.82) is 0 Å². The van der Waals surface area contributed by atoms with E-state index < -0.39 is 5.54 Å². The van der Waals surface area contributed by atoms with E-state index in [4.69, 9.17) is 0 Å². The van der Waals surface area contributed by atoms with Crippen LogP contribution in [0.5, 0.6) is 0 Å². The molecule has 2 aromatic carbocycles. The molecule has 2 unspecified atom stereocenters. The number of benzene rings is 2. The van der Waals surface area contributed by atoms with E-state index >= 15 is 0 Å². The lowest BCUT2D eigenvalue weighted by molar-refractivity contribution is 0.201. The fraction of sp³-hybridized carbons (Fsp3) is 0.208. The minimum absolute atomic E-state index is 0.0599. The van der Waals surface area contributed by atoms with Crippen molar-refractivity contribution in [2.24, 2.45) is 0 Å². The van der Waals surface area contributed by atoms with Crippen molar-refractivity contribution in [3.63, 3.8) is 0 Å². The number of halogens is 1. The number of urea groups is 1. The molecule has 29 heavy (non-hydrogen) atoms. The highest BCUT2D eigenvalue weighted by atomic mass is 32.1. The number of hydrogen-bond acceptors (Lipinski definition) is 2. The van der Waals surface area contributed by atoms with Gasteiger partial charge in [-0.15, -0.1) is 17.9 Å². The molecule has 1 aliphatic heterocycles. The van der Waals surface area contributed by atoms with E-state index in [2.05, 4.69) is 18.0 Å². The smallest absolute Gasteiger partial charge is 0.318 e. The molecule has 148 valence electrons. The van der Waals surface area contributed by atoms with Crippen molar-refractivity contribution in [3.05, 3.63) is 95.0 Å². The van der Waals surface area contributed by atoms with Crippen LogP contribution in [0, 0.1) is 5.82 Å². The molecule has 1 aromatic heterocycles. The third-order valence-corrected chi connectivity index (χ3v) is 6.65. The van der Waals surface area contributed by atoms with E-state index in [1.165, 1.54) is 12.1 Å². The fourth-order valence-electron chi connectivity index (χ4n) is 3.92. The van der Waals surface area contributed by atoms with Gasteiger partial charge in [0.05, 0.1) is 18.1 Å². The Labute approximate surface area is 174 Å². The van der Waals surface area contributed by atoms with Crippen LogP contribution in [0.25, 0.3) is 11.1 Å². The molecular weight excluding hydrogens is 383 g/mol. The predicted molar refractivity (Wildman–Crippen MR) is 116 cm³/mol. The predicted octanol–water partition coefficient (Wildman–Crippen LogP) is 6.11. The lowest BCUT2D eigenvalue weighted by Crippen LogP contribution is -2.39. The van der Waals surface area contributed by atoms with Crippen LogP contribution in [-0.4, -0.2) is 17.5 Å². The van der Waals surface area contributed by atoms with Gasteiger partial charge in [0.15, 0.2) is 0 Å². The van der Waals surface area contributed by atoms with Gasteiger partial charge in [0.1, 0.15) is 5.82 Å². The molecule has 0 saturated carbocycles. The zero-order chi connectivity index (χ0) is 20.4. The van der Waals surface area contributed by atoms with Gasteiger partial charge in [-0.2, -0.15) is 0 Å². The summed E-state index contributed by atoms with van der Waals surface area (Å²) < 4.78 is 13.2. The van der Waals surface area contributed by atoms with Crippen LogP contribution in [-0.2, 0) is 5.54 Å². The Balaban J connectivity index is 1.56. The summed E-state index contributed by atoms with van der Waals surface area (Å²) >= 11 is 1.66. The maximum Gasteiger partial charge on any atom is 0.318 e. The molecule has 1 aliphatic rings. The molecule has 4 rings (SSSR count). The second-order valence-corrected chi connectivity index (χ2v) is 8.36. The van der Waals surface area contributed by atoms with Gasteiger partial charge in [-0.05, 0) is 53.6 Å². The van der Waals surface area contributed by atoms with Gasteiger partial charge >= 0.3 is 6.03 Å². The van der Waals surface area contributed by atoms with Gasteiger partial charge in [0.2, 0.25) is 0 Å². The van der Waals surface area contributed by atoms with E-state index in [0.29, 0.717) is 13.0 Å². The topological polar surface area (TPSA) is 32.3 Å². The highest BCUT2D eigenvalue weighted by Crippen LogP contribution is 2.38. The van der Waals surface area contributed by atoms with Gasteiger partial charge in [0, 0.05) is 4.88 Å². The average molecular weight is 407 g/mol. The number of amides is 2. The highest BCUT2D eigenvalue weighted by Gasteiger charge is 2.45. The summed E-state index contributed by atoms with van der Waals surface area (Å²) in [6.45, 7) is 6.53. The van der Waals surface area contributed by atoms with Crippen molar-refractivity contribution in [2.75, 3.05) is 6.54 Å². The first kappa shape index (κ1) is 19.4. The molecule has 1 saturated heterocycles. The van der Waals surface area contributed by atoms with Gasteiger partial charge < -0.3 is 10.2 Å². The van der Waals surface area contributed by atoms with E-state index in [0.717, 1.165) is 21.6 Å². The van der Waals surface area contributed by atoms with E-state index in [9.17, 15) is 9.18 Å². The third-order valence-electron chi connectivity index (χ3n) is 5.57. The molecule has 0 radical (unpaired) electrons. The standard InChI is InChI=1S/C24H23FN2OS/c1-3-14-24(22-5-4-15-29-22)16-27(23(28)26-24)17(2)18-6-8-19(9-7-18)20-10-12-21(25)13-11-20/h3-13,15,17H,1,14,16H2,2H3,(H,26,28). The van der Waals surface area contributed by atoms with Crippen LogP contribution < -0.4 is 5.32 Å². The van der Waals surface area contributed by atoms with Crippen LogP contribution in [0.3, 0.4) is 0 Å². The zero-order valence-electron chi connectivity index (χ0n) is 16.3. The van der Waals surface area contributed by atoms with Crippen molar-refractivity contribution in [3.8, 4) is 11.1 Å². The Morgan fingerprint density at radius 1 is 1.17 bits per heavy atom. The van der Waals surface area contributed by atoms with Crippen molar-refractivity contribution in [1.82, 2.24) is 10.2 Å². The summed E-state index contributed by atoms with van der Waals surface area (Å²) in [6.07, 6.45) is 2.55. The molecule has 1 N–H and O–H groups in total. The Kier molecular flexibility index (Phi) is 5.24. The minimum atomic E-state index is -0.421. The summed E-state index contributed by atoms with van der Waals surface area (Å²) in [5, 5.41) is 5.24. The monoisotopic (exact) mass is 406 g/mol. The van der Waals surface area contributed by atoms with E-state index in [1.807, 2.05) is 53.6 Å². The van der Waals surface area contributed by atoms with Crippen molar-refractivity contribution < 1.29 is 9.18 Å². The van der Waals surface area contributed by atoms with Crippen molar-refractivity contribution in [2.45, 2.75) is 24.9 Å². The van der Waals surface area contributed by atoms with Gasteiger partial charge in [0.25, 0.3) is 0 Å². The number of rotatable bonds is 6. The molecule has 5 heteroatoms. The number of hydrogen-bond donors (Lipinski definition) is 1. The number of carbonyl (C=O) groups excluding carboxylic acids is 1. The molecule has 1 fully saturated rings. The summed E-state index contributed by atoms with van der Waals surface area (Å²) in [7, 11) is 0. The lowest BCUT2D eigenvalue weighted by atomic mass is 9.93. The maximum atomic E-state index is 13.2. The zero-order valence-corrected chi connectivity index (χ0v) is 17.1. The fourth-order valence-corrected chi connectivity index (χ4v) is 4.81. The minimum Gasteiger partial charge on any atom is -0.326 e. The van der Waals surface area contributed by atoms with Crippen LogP contribution in [0.1, 0.15) is 29.8 Å². The van der Waals surface area contributed by atoms with E-state index in [-0.39, 0.29) is 17.9 Å². The quantitative estimate of drug-likeness (QED) is 0.492. The third kappa shape index (κ3) is 3.70. The van der Waals surface area contributed by atoms with Crippen LogP contribution in [0.15, 0.2) is 78.7 Å². The second kappa shape index (κ2) is 7.84. The number of nitrogens with zero attached hydrogens (tertiary/aromatic N) is 1. The highest BCUT2D eigenvalue weighted by molar-refractivity contribution is 7.10. The lowest BCUT2D eigenvalue weighted by Gasteiger charge is -2.28. The molecule has 2 amide bonds. The summed E-state index contributed by atoms with van der Waals surface area (Å²) in [6, 6.07) is 18.5. The summed E-state index contributed by atoms with van der Waals surface area (Å²) in [5.74, 6) is -0.243. The normalized spacial score (nSPS) is 19.8. The van der Waals surface area contributed by atoms with Gasteiger partial charge in [-0.25, -0.2) is 9.18 Å². The molecule has 0 bridgehead atoms. The summed E-state index contributed by atoms with van der Waals surface area (Å²) in [4.78, 5) is 15.9. The van der Waals surface area contributed by atoms with Gasteiger partial charge in [-0.3, -0.25) is 0 Å². The first-order chi connectivity index (χ1) is 14.0. The molecular formula is C24H23FN2OS. The molecule has 2 atom stereocenters. The largest absolute Gasteiger partial charge is 0.326 e. The Hall–Kier alpha value is -2.92. The second-order valence-electron chi connectivity index (χ2n) is 7.42. The molecule has 2 heterocycles. The average Bonchev–Trinajstić information content (AvgIpc) is 3.38. The molecule has 3 nitrogen and oxygen atoms in total. The van der Waals surface area contributed by atoms with Gasteiger partial charge in [-0.1, -0.05) is 48.5 Å². The summed E-state index contributed by atoms with van der Waals surface area (Å²) in [5.41, 5.74) is 2.63. The first-order valence-electron chi connectivity index (χ1n) is 9.62. The molecule has 3 aromatic rings. The first-order valence-corrected chi connectivity index (χ1v) is 10.5. The van der Waals surface area contributed by atoms with E-state index in [1.54, 1.807) is 23.5 Å². The Morgan fingerprint density at radius 2 is 1.83 bits per heavy atom. The van der Waals surface area contributed by atoms with Crippen LogP contribution >= 0.6 is 11.3 Å². The Bertz CT molecular complexity index is 998. The number of nitrogens with one attached hydrogen (secondary N) is 1. The Morgan fingerprint density at radius 3 is 2.41 bits per heavy atom. The molecule has 0 spiro atoms. The SMILES string of the molecule is C=CCC1(c2cccs2)CN(C(C)c2ccc(-c3ccc(F)cc3)cc2)C(=O)N1. The molecule has 0 aliphatic carbocycles. The maximum absolute atomic E-state index is 13.2. The number of thiophene rings is 1. The van der Waals surface area contributed by atoms with Crippen molar-refractivity contribution >= 4 is 17.4 Å². The number of carbonyl (C=O) groups is 1.